The Morgan fingerprint density at radius 1 is 0.292 bits per heavy atom. The van der Waals surface area contributed by atoms with Crippen LogP contribution in [-0.2, 0) is 0 Å². The van der Waals surface area contributed by atoms with E-state index in [0.717, 1.165) is 78.3 Å². The molecule has 2 aromatic heterocycles. The molecule has 0 amide bonds. The summed E-state index contributed by atoms with van der Waals surface area (Å²) in [7, 11) is 0. The monoisotopic (exact) mass is 610 g/mol. The summed E-state index contributed by atoms with van der Waals surface area (Å²) in [6, 6.07) is 48.0. The van der Waals surface area contributed by atoms with Gasteiger partial charge in [-0.1, -0.05) is 121 Å². The standard InChI is InChI=1S/C44H26N4/c1-2-10-30-29(9-1)31-11-6-8-16-38(31)43-44(47-22-21-46-43)40-24-28(18-20-36(30)40)27-17-19-35-32-12-5-7-15-37(32)42-41(25-45-26-48-42)34-14-4-3-13-33(34)39(35)23-27/h1-26H. The first-order chi connectivity index (χ1) is 23.8. The van der Waals surface area contributed by atoms with E-state index in [0.29, 0.717) is 0 Å². The fourth-order valence-corrected chi connectivity index (χ4v) is 7.56. The van der Waals surface area contributed by atoms with Crippen LogP contribution in [0, 0.1) is 0 Å². The lowest BCUT2D eigenvalue weighted by Crippen LogP contribution is -2.01. The summed E-state index contributed by atoms with van der Waals surface area (Å²) >= 11 is 0. The molecule has 0 atom stereocenters. The molecule has 2 aliphatic rings. The molecule has 4 heteroatoms. The number of aromatic nitrogens is 4. The van der Waals surface area contributed by atoms with Gasteiger partial charge < -0.3 is 0 Å². The van der Waals surface area contributed by atoms with Crippen molar-refractivity contribution in [3.63, 3.8) is 0 Å². The van der Waals surface area contributed by atoms with Gasteiger partial charge in [0, 0.05) is 40.8 Å². The van der Waals surface area contributed by atoms with E-state index in [9.17, 15) is 0 Å². The van der Waals surface area contributed by atoms with Crippen molar-refractivity contribution < 1.29 is 0 Å². The fourth-order valence-electron chi connectivity index (χ4n) is 7.56. The summed E-state index contributed by atoms with van der Waals surface area (Å²) < 4.78 is 0. The predicted molar refractivity (Wildman–Crippen MR) is 194 cm³/mol. The third-order valence-electron chi connectivity index (χ3n) is 9.71. The highest BCUT2D eigenvalue weighted by Gasteiger charge is 2.25. The highest BCUT2D eigenvalue weighted by molar-refractivity contribution is 6.04. The normalized spacial score (nSPS) is 11.8. The first-order valence-electron chi connectivity index (χ1n) is 16.1. The summed E-state index contributed by atoms with van der Waals surface area (Å²) in [5.41, 5.74) is 19.8. The number of fused-ring (bicyclic) bond motifs is 16. The average molecular weight is 611 g/mol. The van der Waals surface area contributed by atoms with Gasteiger partial charge in [-0.25, -0.2) is 9.97 Å². The Hall–Kier alpha value is -6.52. The van der Waals surface area contributed by atoms with Gasteiger partial charge in [0.15, 0.2) is 0 Å². The van der Waals surface area contributed by atoms with E-state index >= 15 is 0 Å². The minimum Gasteiger partial charge on any atom is -0.252 e. The topological polar surface area (TPSA) is 51.6 Å². The molecule has 0 N–H and O–H groups in total. The molecule has 0 spiro atoms. The Labute approximate surface area is 278 Å². The Balaban J connectivity index is 1.22. The molecule has 0 unspecified atom stereocenters. The molecular weight excluding hydrogens is 585 g/mol. The van der Waals surface area contributed by atoms with Gasteiger partial charge in [-0.3, -0.25) is 9.97 Å². The van der Waals surface area contributed by atoms with Gasteiger partial charge in [-0.2, -0.15) is 0 Å². The molecule has 0 radical (unpaired) electrons. The number of benzene rings is 6. The number of hydrogen-bond acceptors (Lipinski definition) is 4. The molecule has 2 heterocycles. The van der Waals surface area contributed by atoms with Crippen molar-refractivity contribution in [1.82, 2.24) is 19.9 Å². The van der Waals surface area contributed by atoms with Crippen molar-refractivity contribution in [3.05, 3.63) is 158 Å². The van der Waals surface area contributed by atoms with Gasteiger partial charge in [0.25, 0.3) is 0 Å². The summed E-state index contributed by atoms with van der Waals surface area (Å²) in [6.07, 6.45) is 7.17. The minimum absolute atomic E-state index is 0.887. The Morgan fingerprint density at radius 3 is 1.27 bits per heavy atom. The van der Waals surface area contributed by atoms with Gasteiger partial charge in [-0.15, -0.1) is 0 Å². The van der Waals surface area contributed by atoms with Crippen molar-refractivity contribution in [2.24, 2.45) is 0 Å². The second-order valence-electron chi connectivity index (χ2n) is 12.2. The smallest absolute Gasteiger partial charge is 0.116 e. The minimum atomic E-state index is 0.887. The molecule has 8 aromatic rings. The molecule has 222 valence electrons. The van der Waals surface area contributed by atoms with Crippen LogP contribution in [0.4, 0.5) is 0 Å². The molecule has 0 fully saturated rings. The molecular formula is C44H26N4. The summed E-state index contributed by atoms with van der Waals surface area (Å²) in [5.74, 6) is 0. The summed E-state index contributed by atoms with van der Waals surface area (Å²) in [5, 5.41) is 0. The van der Waals surface area contributed by atoms with E-state index in [2.05, 4.69) is 138 Å². The van der Waals surface area contributed by atoms with Crippen LogP contribution in [0.5, 0.6) is 0 Å². The number of hydrogen-bond donors (Lipinski definition) is 0. The lowest BCUT2D eigenvalue weighted by Gasteiger charge is -2.23. The van der Waals surface area contributed by atoms with Crippen LogP contribution in [0.25, 0.3) is 101 Å². The molecule has 6 aromatic carbocycles. The van der Waals surface area contributed by atoms with Crippen molar-refractivity contribution in [1.29, 1.82) is 0 Å². The van der Waals surface area contributed by atoms with Crippen molar-refractivity contribution in [3.8, 4) is 101 Å². The molecule has 0 saturated heterocycles. The van der Waals surface area contributed by atoms with E-state index in [1.54, 1.807) is 18.7 Å². The number of nitrogens with zero attached hydrogens (tertiary/aromatic N) is 4. The Kier molecular flexibility index (Phi) is 5.84. The van der Waals surface area contributed by atoms with Crippen molar-refractivity contribution in [2.45, 2.75) is 0 Å². The van der Waals surface area contributed by atoms with Gasteiger partial charge in [0.1, 0.15) is 6.33 Å². The second-order valence-corrected chi connectivity index (χ2v) is 12.2. The highest BCUT2D eigenvalue weighted by atomic mass is 14.8. The maximum absolute atomic E-state index is 4.96. The Morgan fingerprint density at radius 2 is 0.688 bits per heavy atom. The quantitative estimate of drug-likeness (QED) is 0.186. The van der Waals surface area contributed by atoms with Gasteiger partial charge in [-0.05, 0) is 73.3 Å². The maximum Gasteiger partial charge on any atom is 0.116 e. The fraction of sp³-hybridized carbons (Fsp3) is 0. The largest absolute Gasteiger partial charge is 0.252 e. The van der Waals surface area contributed by atoms with Gasteiger partial charge >= 0.3 is 0 Å². The first-order valence-corrected chi connectivity index (χ1v) is 16.1. The van der Waals surface area contributed by atoms with Crippen LogP contribution < -0.4 is 0 Å². The molecule has 4 nitrogen and oxygen atoms in total. The predicted octanol–water partition coefficient (Wildman–Crippen LogP) is 10.9. The molecule has 2 aliphatic carbocycles. The summed E-state index contributed by atoms with van der Waals surface area (Å²) in [4.78, 5) is 19.1. The molecule has 48 heavy (non-hydrogen) atoms. The van der Waals surface area contributed by atoms with E-state index in [4.69, 9.17) is 15.0 Å². The van der Waals surface area contributed by atoms with Crippen molar-refractivity contribution >= 4 is 0 Å². The lowest BCUT2D eigenvalue weighted by atomic mass is 9.81. The second kappa shape index (κ2) is 10.5. The highest BCUT2D eigenvalue weighted by Crippen LogP contribution is 2.49. The zero-order chi connectivity index (χ0) is 31.6. The van der Waals surface area contributed by atoms with E-state index < -0.39 is 0 Å². The van der Waals surface area contributed by atoms with Gasteiger partial charge in [0.05, 0.1) is 17.1 Å². The molecule has 0 aliphatic heterocycles. The van der Waals surface area contributed by atoms with Crippen LogP contribution in [0.3, 0.4) is 0 Å². The Bertz CT molecular complexity index is 2390. The first kappa shape index (κ1) is 26.7. The third-order valence-corrected chi connectivity index (χ3v) is 9.71. The van der Waals surface area contributed by atoms with Crippen LogP contribution in [0.15, 0.2) is 158 Å². The zero-order valence-corrected chi connectivity index (χ0v) is 25.8. The van der Waals surface area contributed by atoms with E-state index in [1.165, 1.54) is 22.3 Å². The molecule has 10 rings (SSSR count). The SMILES string of the molecule is c1ccc2c(c1)-c1ccccc1-c1nccnc1-c1cc(-c3ccc4c(c3)-c3ccccc3-c3cncnc3-c3ccccc3-4)ccc1-2. The summed E-state index contributed by atoms with van der Waals surface area (Å²) in [6.45, 7) is 0. The van der Waals surface area contributed by atoms with Crippen LogP contribution in [-0.4, -0.2) is 19.9 Å². The van der Waals surface area contributed by atoms with Crippen LogP contribution >= 0.6 is 0 Å². The molecule has 0 bridgehead atoms. The van der Waals surface area contributed by atoms with E-state index in [1.807, 2.05) is 6.20 Å². The van der Waals surface area contributed by atoms with Crippen LogP contribution in [0.1, 0.15) is 0 Å². The molecule has 0 saturated carbocycles. The lowest BCUT2D eigenvalue weighted by molar-refractivity contribution is 1.17. The maximum atomic E-state index is 4.96. The van der Waals surface area contributed by atoms with Crippen molar-refractivity contribution in [2.75, 3.05) is 0 Å². The van der Waals surface area contributed by atoms with Crippen LogP contribution in [0.2, 0.25) is 0 Å². The van der Waals surface area contributed by atoms with E-state index in [-0.39, 0.29) is 0 Å². The third kappa shape index (κ3) is 3.96. The number of rotatable bonds is 1. The zero-order valence-electron chi connectivity index (χ0n) is 25.8. The van der Waals surface area contributed by atoms with Gasteiger partial charge in [0.2, 0.25) is 0 Å². The average Bonchev–Trinajstić information content (AvgIpc) is 3.16.